The Bertz CT molecular complexity index is 385. The lowest BCUT2D eigenvalue weighted by atomic mass is 9.96. The fraction of sp³-hybridized carbons (Fsp3) is 0.562. The Balaban J connectivity index is 1.87. The van der Waals surface area contributed by atoms with Gasteiger partial charge in [-0.05, 0) is 25.3 Å². The first-order valence-corrected chi connectivity index (χ1v) is 7.39. The first-order chi connectivity index (χ1) is 9.29. The normalized spacial score (nSPS) is 16.1. The number of nitrogens with one attached hydrogen (secondary N) is 1. The molecular formula is C16H24N2O. The van der Waals surface area contributed by atoms with Crippen molar-refractivity contribution in [2.24, 2.45) is 0 Å². The molecule has 0 unspecified atom stereocenters. The summed E-state index contributed by atoms with van der Waals surface area (Å²) in [6, 6.07) is 10.6. The lowest BCUT2D eigenvalue weighted by Gasteiger charge is -2.27. The average Bonchev–Trinajstić information content (AvgIpc) is 2.47. The van der Waals surface area contributed by atoms with Crippen LogP contribution in [0.5, 0.6) is 0 Å². The van der Waals surface area contributed by atoms with Crippen molar-refractivity contribution in [3.8, 4) is 0 Å². The van der Waals surface area contributed by atoms with Gasteiger partial charge in [-0.1, -0.05) is 49.6 Å². The summed E-state index contributed by atoms with van der Waals surface area (Å²) in [6.07, 6.45) is 6.07. The van der Waals surface area contributed by atoms with E-state index in [2.05, 4.69) is 17.4 Å². The van der Waals surface area contributed by atoms with Gasteiger partial charge in [0.1, 0.15) is 0 Å². The highest BCUT2D eigenvalue weighted by molar-refractivity contribution is 5.74. The molecule has 0 radical (unpaired) electrons. The maximum absolute atomic E-state index is 12.3. The smallest absolute Gasteiger partial charge is 0.317 e. The van der Waals surface area contributed by atoms with Gasteiger partial charge in [0.2, 0.25) is 0 Å². The van der Waals surface area contributed by atoms with E-state index in [0.717, 1.165) is 19.4 Å². The summed E-state index contributed by atoms with van der Waals surface area (Å²) in [6.45, 7) is 3.47. The van der Waals surface area contributed by atoms with Crippen LogP contribution in [-0.2, 0) is 6.54 Å². The highest BCUT2D eigenvalue weighted by Gasteiger charge is 2.18. The molecule has 0 bridgehead atoms. The summed E-state index contributed by atoms with van der Waals surface area (Å²) in [7, 11) is 0. The van der Waals surface area contributed by atoms with Crippen LogP contribution in [0.25, 0.3) is 0 Å². The maximum Gasteiger partial charge on any atom is 0.317 e. The molecule has 1 aliphatic carbocycles. The van der Waals surface area contributed by atoms with Crippen molar-refractivity contribution < 1.29 is 4.79 Å². The first kappa shape index (κ1) is 13.9. The standard InChI is InChI=1S/C16H24N2O/c1-2-18(13-14-9-5-3-6-10-14)16(19)17-15-11-7-4-8-12-15/h3,5-6,9-10,15H,2,4,7-8,11-13H2,1H3,(H,17,19). The molecule has 1 aromatic carbocycles. The summed E-state index contributed by atoms with van der Waals surface area (Å²) < 4.78 is 0. The number of amides is 2. The van der Waals surface area contributed by atoms with E-state index in [1.54, 1.807) is 0 Å². The number of carbonyl (C=O) groups is 1. The van der Waals surface area contributed by atoms with Crippen LogP contribution >= 0.6 is 0 Å². The van der Waals surface area contributed by atoms with Gasteiger partial charge in [-0.15, -0.1) is 0 Å². The number of hydrogen-bond acceptors (Lipinski definition) is 1. The second-order valence-corrected chi connectivity index (χ2v) is 5.28. The molecule has 104 valence electrons. The second-order valence-electron chi connectivity index (χ2n) is 5.28. The lowest BCUT2D eigenvalue weighted by molar-refractivity contribution is 0.190. The molecule has 19 heavy (non-hydrogen) atoms. The van der Waals surface area contributed by atoms with Crippen molar-refractivity contribution in [2.45, 2.75) is 51.6 Å². The van der Waals surface area contributed by atoms with Gasteiger partial charge in [-0.2, -0.15) is 0 Å². The van der Waals surface area contributed by atoms with Crippen LogP contribution < -0.4 is 5.32 Å². The SMILES string of the molecule is CCN(Cc1ccccc1)C(=O)NC1CCCCC1. The summed E-state index contributed by atoms with van der Waals surface area (Å²) in [5, 5.41) is 3.18. The molecule has 0 aromatic heterocycles. The van der Waals surface area contributed by atoms with E-state index in [1.807, 2.05) is 30.0 Å². The topological polar surface area (TPSA) is 32.3 Å². The van der Waals surface area contributed by atoms with Crippen LogP contribution in [0.15, 0.2) is 30.3 Å². The van der Waals surface area contributed by atoms with E-state index in [1.165, 1.54) is 24.8 Å². The van der Waals surface area contributed by atoms with E-state index in [4.69, 9.17) is 0 Å². The van der Waals surface area contributed by atoms with Crippen LogP contribution in [0.4, 0.5) is 4.79 Å². The van der Waals surface area contributed by atoms with E-state index >= 15 is 0 Å². The van der Waals surface area contributed by atoms with Gasteiger partial charge >= 0.3 is 6.03 Å². The van der Waals surface area contributed by atoms with Crippen LogP contribution in [0.3, 0.4) is 0 Å². The monoisotopic (exact) mass is 260 g/mol. The molecule has 2 rings (SSSR count). The Morgan fingerprint density at radius 1 is 1.21 bits per heavy atom. The third-order valence-corrected chi connectivity index (χ3v) is 3.82. The summed E-state index contributed by atoms with van der Waals surface area (Å²) >= 11 is 0. The van der Waals surface area contributed by atoms with Gasteiger partial charge in [0, 0.05) is 19.1 Å². The minimum atomic E-state index is 0.0817. The highest BCUT2D eigenvalue weighted by atomic mass is 16.2. The third kappa shape index (κ3) is 4.27. The molecule has 1 N–H and O–H groups in total. The van der Waals surface area contributed by atoms with Gasteiger partial charge < -0.3 is 10.2 Å². The Labute approximate surface area is 116 Å². The number of nitrogens with zero attached hydrogens (tertiary/aromatic N) is 1. The first-order valence-electron chi connectivity index (χ1n) is 7.39. The quantitative estimate of drug-likeness (QED) is 0.882. The van der Waals surface area contributed by atoms with Gasteiger partial charge in [-0.3, -0.25) is 0 Å². The number of carbonyl (C=O) groups excluding carboxylic acids is 1. The predicted octanol–water partition coefficient (Wildman–Crippen LogP) is 3.55. The number of hydrogen-bond donors (Lipinski definition) is 1. The molecule has 0 heterocycles. The average molecular weight is 260 g/mol. The molecule has 0 spiro atoms. The van der Waals surface area contributed by atoms with Gasteiger partial charge in [0.25, 0.3) is 0 Å². The molecular weight excluding hydrogens is 236 g/mol. The predicted molar refractivity (Wildman–Crippen MR) is 77.9 cm³/mol. The van der Waals surface area contributed by atoms with Crippen LogP contribution in [0.1, 0.15) is 44.6 Å². The molecule has 0 aliphatic heterocycles. The number of rotatable bonds is 4. The van der Waals surface area contributed by atoms with Crippen molar-refractivity contribution in [1.29, 1.82) is 0 Å². The van der Waals surface area contributed by atoms with Crippen LogP contribution in [0, 0.1) is 0 Å². The summed E-state index contributed by atoms with van der Waals surface area (Å²) in [5.41, 5.74) is 1.18. The zero-order valence-electron chi connectivity index (χ0n) is 11.8. The minimum absolute atomic E-state index is 0.0817. The minimum Gasteiger partial charge on any atom is -0.335 e. The summed E-state index contributed by atoms with van der Waals surface area (Å²) in [5.74, 6) is 0. The number of urea groups is 1. The zero-order chi connectivity index (χ0) is 13.5. The van der Waals surface area contributed by atoms with Crippen molar-refractivity contribution in [3.63, 3.8) is 0 Å². The van der Waals surface area contributed by atoms with Gasteiger partial charge in [0.05, 0.1) is 0 Å². The Morgan fingerprint density at radius 3 is 2.53 bits per heavy atom. The van der Waals surface area contributed by atoms with Gasteiger partial charge in [0.15, 0.2) is 0 Å². The lowest BCUT2D eigenvalue weighted by Crippen LogP contribution is -2.45. The highest BCUT2D eigenvalue weighted by Crippen LogP contribution is 2.17. The molecule has 0 atom stereocenters. The van der Waals surface area contributed by atoms with Gasteiger partial charge in [-0.25, -0.2) is 4.79 Å². The van der Waals surface area contributed by atoms with Crippen molar-refractivity contribution in [3.05, 3.63) is 35.9 Å². The fourth-order valence-corrected chi connectivity index (χ4v) is 2.64. The van der Waals surface area contributed by atoms with Crippen molar-refractivity contribution >= 4 is 6.03 Å². The van der Waals surface area contributed by atoms with Crippen LogP contribution in [-0.4, -0.2) is 23.5 Å². The molecule has 1 aromatic rings. The van der Waals surface area contributed by atoms with E-state index < -0.39 is 0 Å². The van der Waals surface area contributed by atoms with E-state index in [-0.39, 0.29) is 6.03 Å². The molecule has 1 aliphatic rings. The zero-order valence-corrected chi connectivity index (χ0v) is 11.8. The third-order valence-electron chi connectivity index (χ3n) is 3.82. The second kappa shape index (κ2) is 7.17. The van der Waals surface area contributed by atoms with E-state index in [0.29, 0.717) is 12.6 Å². The Kier molecular flexibility index (Phi) is 5.25. The van der Waals surface area contributed by atoms with E-state index in [9.17, 15) is 4.79 Å². The molecule has 0 saturated heterocycles. The molecule has 3 heteroatoms. The maximum atomic E-state index is 12.3. The molecule has 1 saturated carbocycles. The molecule has 2 amide bonds. The molecule has 1 fully saturated rings. The van der Waals surface area contributed by atoms with Crippen LogP contribution in [0.2, 0.25) is 0 Å². The summed E-state index contributed by atoms with van der Waals surface area (Å²) in [4.78, 5) is 14.1. The Morgan fingerprint density at radius 2 is 1.89 bits per heavy atom. The van der Waals surface area contributed by atoms with Crippen molar-refractivity contribution in [1.82, 2.24) is 10.2 Å². The number of benzene rings is 1. The largest absolute Gasteiger partial charge is 0.335 e. The van der Waals surface area contributed by atoms with Crippen molar-refractivity contribution in [2.75, 3.05) is 6.54 Å². The fourth-order valence-electron chi connectivity index (χ4n) is 2.64. The molecule has 3 nitrogen and oxygen atoms in total. The Hall–Kier alpha value is -1.51.